The fourth-order valence-electron chi connectivity index (χ4n) is 2.34. The molecule has 0 aliphatic heterocycles. The fourth-order valence-corrected chi connectivity index (χ4v) is 2.34. The van der Waals surface area contributed by atoms with Crippen molar-refractivity contribution in [2.75, 3.05) is 12.4 Å². The van der Waals surface area contributed by atoms with Crippen molar-refractivity contribution in [2.45, 2.75) is 26.3 Å². The number of pyridine rings is 1. The number of rotatable bonds is 7. The Hall–Kier alpha value is -2.89. The molecule has 0 spiro atoms. The van der Waals surface area contributed by atoms with Gasteiger partial charge in [-0.3, -0.25) is 9.59 Å². The highest BCUT2D eigenvalue weighted by molar-refractivity contribution is 5.97. The van der Waals surface area contributed by atoms with Crippen LogP contribution in [0.15, 0.2) is 48.7 Å². The van der Waals surface area contributed by atoms with Crippen LogP contribution in [0.25, 0.3) is 0 Å². The number of carbonyl (C=O) groups excluding carboxylic acids is 2. The predicted molar refractivity (Wildman–Crippen MR) is 96.3 cm³/mol. The van der Waals surface area contributed by atoms with E-state index in [2.05, 4.69) is 15.6 Å². The second-order valence-corrected chi connectivity index (χ2v) is 6.03. The van der Waals surface area contributed by atoms with Gasteiger partial charge in [0.2, 0.25) is 17.7 Å². The molecule has 2 amide bonds. The van der Waals surface area contributed by atoms with Gasteiger partial charge in [0.05, 0.1) is 25.4 Å². The van der Waals surface area contributed by atoms with Crippen LogP contribution in [-0.4, -0.2) is 29.9 Å². The molecule has 1 unspecified atom stereocenters. The lowest BCUT2D eigenvalue weighted by Gasteiger charge is -2.21. The van der Waals surface area contributed by atoms with Crippen molar-refractivity contribution >= 4 is 17.5 Å². The van der Waals surface area contributed by atoms with Crippen molar-refractivity contribution in [1.82, 2.24) is 10.3 Å². The Kier molecular flexibility index (Phi) is 6.51. The van der Waals surface area contributed by atoms with Crippen LogP contribution in [0.3, 0.4) is 0 Å². The average Bonchev–Trinajstić information content (AvgIpc) is 2.61. The van der Waals surface area contributed by atoms with Gasteiger partial charge in [-0.1, -0.05) is 44.2 Å². The first-order chi connectivity index (χ1) is 12.0. The van der Waals surface area contributed by atoms with E-state index in [1.54, 1.807) is 12.1 Å². The number of nitrogens with one attached hydrogen (secondary N) is 2. The van der Waals surface area contributed by atoms with E-state index in [1.165, 1.54) is 13.3 Å². The zero-order chi connectivity index (χ0) is 18.2. The zero-order valence-corrected chi connectivity index (χ0v) is 14.7. The van der Waals surface area contributed by atoms with E-state index in [4.69, 9.17) is 4.74 Å². The van der Waals surface area contributed by atoms with E-state index in [0.717, 1.165) is 5.56 Å². The number of nitrogens with zero attached hydrogens (tertiary/aromatic N) is 1. The minimum atomic E-state index is -0.627. The number of carbonyl (C=O) groups is 2. The number of anilines is 1. The topological polar surface area (TPSA) is 80.3 Å². The van der Waals surface area contributed by atoms with E-state index in [9.17, 15) is 9.59 Å². The van der Waals surface area contributed by atoms with Crippen molar-refractivity contribution in [2.24, 2.45) is 5.92 Å². The quantitative estimate of drug-likeness (QED) is 0.810. The lowest BCUT2D eigenvalue weighted by Crippen LogP contribution is -2.47. The van der Waals surface area contributed by atoms with Crippen LogP contribution >= 0.6 is 0 Å². The molecule has 1 aromatic carbocycles. The summed E-state index contributed by atoms with van der Waals surface area (Å²) in [4.78, 5) is 28.8. The molecular formula is C19H23N3O3. The standard InChI is InChI=1S/C19H23N3O3/c1-13(2)18(22-16(23)11-14-7-5-4-6-8-14)19(24)21-15-9-10-17(25-3)20-12-15/h4-10,12-13,18H,11H2,1-3H3,(H,21,24)(H,22,23). The molecule has 2 aromatic rings. The predicted octanol–water partition coefficient (Wildman–Crippen LogP) is 2.41. The molecule has 0 aliphatic carbocycles. The maximum Gasteiger partial charge on any atom is 0.247 e. The monoisotopic (exact) mass is 341 g/mol. The van der Waals surface area contributed by atoms with Gasteiger partial charge in [-0.05, 0) is 17.5 Å². The largest absolute Gasteiger partial charge is 0.481 e. The molecule has 25 heavy (non-hydrogen) atoms. The highest BCUT2D eigenvalue weighted by Crippen LogP contribution is 2.13. The van der Waals surface area contributed by atoms with Gasteiger partial charge in [-0.15, -0.1) is 0 Å². The summed E-state index contributed by atoms with van der Waals surface area (Å²) < 4.78 is 4.99. The average molecular weight is 341 g/mol. The number of hydrogen-bond donors (Lipinski definition) is 2. The fraction of sp³-hybridized carbons (Fsp3) is 0.316. The maximum atomic E-state index is 12.5. The molecule has 0 aliphatic rings. The Balaban J connectivity index is 1.98. The van der Waals surface area contributed by atoms with Crippen LogP contribution in [0.1, 0.15) is 19.4 Å². The summed E-state index contributed by atoms with van der Waals surface area (Å²) >= 11 is 0. The molecule has 1 aromatic heterocycles. The third-order valence-corrected chi connectivity index (χ3v) is 3.69. The molecule has 1 atom stereocenters. The van der Waals surface area contributed by atoms with Crippen molar-refractivity contribution in [1.29, 1.82) is 0 Å². The lowest BCUT2D eigenvalue weighted by atomic mass is 10.0. The molecule has 6 heteroatoms. The van der Waals surface area contributed by atoms with Crippen LogP contribution in [0.4, 0.5) is 5.69 Å². The van der Waals surface area contributed by atoms with Crippen LogP contribution < -0.4 is 15.4 Å². The van der Waals surface area contributed by atoms with Crippen molar-refractivity contribution in [3.05, 3.63) is 54.2 Å². The maximum absolute atomic E-state index is 12.5. The Bertz CT molecular complexity index is 700. The van der Waals surface area contributed by atoms with Crippen LogP contribution in [0, 0.1) is 5.92 Å². The van der Waals surface area contributed by atoms with Gasteiger partial charge in [0.1, 0.15) is 6.04 Å². The van der Waals surface area contributed by atoms with Crippen molar-refractivity contribution in [3.63, 3.8) is 0 Å². The molecule has 132 valence electrons. The first-order valence-electron chi connectivity index (χ1n) is 8.13. The SMILES string of the molecule is COc1ccc(NC(=O)C(NC(=O)Cc2ccccc2)C(C)C)cn1. The summed E-state index contributed by atoms with van der Waals surface area (Å²) in [6.45, 7) is 3.78. The summed E-state index contributed by atoms with van der Waals surface area (Å²) in [5.74, 6) is -0.0446. The second-order valence-electron chi connectivity index (χ2n) is 6.03. The molecule has 2 rings (SSSR count). The smallest absolute Gasteiger partial charge is 0.247 e. The highest BCUT2D eigenvalue weighted by atomic mass is 16.5. The van der Waals surface area contributed by atoms with E-state index >= 15 is 0 Å². The van der Waals surface area contributed by atoms with E-state index in [1.807, 2.05) is 44.2 Å². The number of amides is 2. The van der Waals surface area contributed by atoms with Gasteiger partial charge < -0.3 is 15.4 Å². The Morgan fingerprint density at radius 3 is 2.40 bits per heavy atom. The van der Waals surface area contributed by atoms with Gasteiger partial charge in [-0.25, -0.2) is 4.98 Å². The minimum absolute atomic E-state index is 0.0501. The number of benzene rings is 1. The van der Waals surface area contributed by atoms with Crippen LogP contribution in [0.2, 0.25) is 0 Å². The Labute approximate surface area is 147 Å². The number of ether oxygens (including phenoxy) is 1. The summed E-state index contributed by atoms with van der Waals surface area (Å²) in [5, 5.41) is 5.58. The molecule has 0 saturated carbocycles. The zero-order valence-electron chi connectivity index (χ0n) is 14.7. The first-order valence-corrected chi connectivity index (χ1v) is 8.13. The third kappa shape index (κ3) is 5.60. The first kappa shape index (κ1) is 18.4. The Morgan fingerprint density at radius 1 is 1.12 bits per heavy atom. The van der Waals surface area contributed by atoms with E-state index in [-0.39, 0.29) is 24.2 Å². The molecule has 2 N–H and O–H groups in total. The molecule has 1 heterocycles. The van der Waals surface area contributed by atoms with Crippen LogP contribution in [-0.2, 0) is 16.0 Å². The van der Waals surface area contributed by atoms with Crippen LogP contribution in [0.5, 0.6) is 5.88 Å². The molecular weight excluding hydrogens is 318 g/mol. The van der Waals surface area contributed by atoms with Crippen molar-refractivity contribution < 1.29 is 14.3 Å². The van der Waals surface area contributed by atoms with E-state index in [0.29, 0.717) is 11.6 Å². The lowest BCUT2D eigenvalue weighted by molar-refractivity contribution is -0.127. The van der Waals surface area contributed by atoms with Gasteiger partial charge in [0, 0.05) is 6.07 Å². The minimum Gasteiger partial charge on any atom is -0.481 e. The number of methoxy groups -OCH3 is 1. The summed E-state index contributed by atoms with van der Waals surface area (Å²) in [7, 11) is 1.53. The van der Waals surface area contributed by atoms with Gasteiger partial charge in [-0.2, -0.15) is 0 Å². The molecule has 0 saturated heterocycles. The summed E-state index contributed by atoms with van der Waals surface area (Å²) in [5.41, 5.74) is 1.45. The Morgan fingerprint density at radius 2 is 1.84 bits per heavy atom. The molecule has 0 radical (unpaired) electrons. The molecule has 0 fully saturated rings. The van der Waals surface area contributed by atoms with E-state index < -0.39 is 6.04 Å². The summed E-state index contributed by atoms with van der Waals surface area (Å²) in [6.07, 6.45) is 1.75. The van der Waals surface area contributed by atoms with Gasteiger partial charge in [0.25, 0.3) is 0 Å². The third-order valence-electron chi connectivity index (χ3n) is 3.69. The summed E-state index contributed by atoms with van der Waals surface area (Å²) in [6, 6.07) is 12.2. The normalized spacial score (nSPS) is 11.7. The molecule has 6 nitrogen and oxygen atoms in total. The second kappa shape index (κ2) is 8.82. The van der Waals surface area contributed by atoms with Gasteiger partial charge in [0.15, 0.2) is 0 Å². The number of aromatic nitrogens is 1. The highest BCUT2D eigenvalue weighted by Gasteiger charge is 2.24. The number of hydrogen-bond acceptors (Lipinski definition) is 4. The molecule has 0 bridgehead atoms. The van der Waals surface area contributed by atoms with Crippen molar-refractivity contribution in [3.8, 4) is 5.88 Å². The van der Waals surface area contributed by atoms with Gasteiger partial charge >= 0.3 is 0 Å².